The van der Waals surface area contributed by atoms with E-state index in [0.29, 0.717) is 43.7 Å². The van der Waals surface area contributed by atoms with Crippen molar-refractivity contribution in [1.82, 2.24) is 4.90 Å². The summed E-state index contributed by atoms with van der Waals surface area (Å²) in [7, 11) is -3.72. The number of anilines is 2. The molecule has 2 heterocycles. The van der Waals surface area contributed by atoms with Crippen LogP contribution in [-0.4, -0.2) is 44.8 Å². The van der Waals surface area contributed by atoms with Gasteiger partial charge in [-0.05, 0) is 85.8 Å². The Morgan fingerprint density at radius 1 is 0.865 bits per heavy atom. The van der Waals surface area contributed by atoms with Crippen LogP contribution < -0.4 is 9.62 Å². The Bertz CT molecular complexity index is 1400. The minimum Gasteiger partial charge on any atom is -0.339 e. The van der Waals surface area contributed by atoms with Crippen LogP contribution >= 0.6 is 0 Å². The summed E-state index contributed by atoms with van der Waals surface area (Å²) in [4.78, 5) is 27.3. The molecule has 2 aliphatic heterocycles. The summed E-state index contributed by atoms with van der Waals surface area (Å²) in [5, 5.41) is 2.87. The number of hydrogen-bond acceptors (Lipinski definition) is 4. The highest BCUT2D eigenvalue weighted by molar-refractivity contribution is 7.92. The molecular weight excluding hydrogens is 493 g/mol. The maximum Gasteiger partial charge on any atom is 0.264 e. The number of sulfonamides is 1. The molecule has 1 N–H and O–H groups in total. The van der Waals surface area contributed by atoms with E-state index >= 15 is 0 Å². The number of nitrogens with one attached hydrogen (secondary N) is 1. The summed E-state index contributed by atoms with van der Waals surface area (Å²) in [5.74, 6) is -0.985. The van der Waals surface area contributed by atoms with Crippen LogP contribution in [0.5, 0.6) is 0 Å². The Morgan fingerprint density at radius 2 is 1.54 bits per heavy atom. The minimum atomic E-state index is -3.72. The summed E-state index contributed by atoms with van der Waals surface area (Å²) in [5.41, 5.74) is 2.68. The maximum absolute atomic E-state index is 13.3. The molecule has 3 aromatic carbocycles. The number of rotatable bonds is 5. The van der Waals surface area contributed by atoms with Crippen molar-refractivity contribution in [2.75, 3.05) is 29.3 Å². The van der Waals surface area contributed by atoms with E-state index in [-0.39, 0.29) is 22.6 Å². The fraction of sp³-hybridized carbons (Fsp3) is 0.286. The van der Waals surface area contributed by atoms with Gasteiger partial charge in [-0.1, -0.05) is 18.2 Å². The van der Waals surface area contributed by atoms with Crippen LogP contribution in [0.15, 0.2) is 77.7 Å². The number of aryl methyl sites for hydroxylation is 1. The molecule has 7 nitrogen and oxygen atoms in total. The van der Waals surface area contributed by atoms with Gasteiger partial charge in [0.15, 0.2) is 0 Å². The van der Waals surface area contributed by atoms with Gasteiger partial charge in [0.25, 0.3) is 15.9 Å². The highest BCUT2D eigenvalue weighted by Gasteiger charge is 2.30. The Hall–Kier alpha value is -3.72. The number of para-hydroxylation sites is 1. The third kappa shape index (κ3) is 5.22. The molecule has 0 aliphatic carbocycles. The lowest BCUT2D eigenvalue weighted by atomic mass is 9.95. The number of hydrogen-bond donors (Lipinski definition) is 1. The first-order valence-electron chi connectivity index (χ1n) is 12.4. The van der Waals surface area contributed by atoms with Gasteiger partial charge in [-0.15, -0.1) is 0 Å². The topological polar surface area (TPSA) is 86.8 Å². The van der Waals surface area contributed by atoms with Crippen molar-refractivity contribution in [3.63, 3.8) is 0 Å². The van der Waals surface area contributed by atoms with E-state index in [0.717, 1.165) is 24.1 Å². The Morgan fingerprint density at radius 3 is 2.24 bits per heavy atom. The highest BCUT2D eigenvalue weighted by atomic mass is 32.2. The van der Waals surface area contributed by atoms with Gasteiger partial charge in [0.05, 0.1) is 10.6 Å². The van der Waals surface area contributed by atoms with Crippen LogP contribution in [-0.2, 0) is 21.2 Å². The van der Waals surface area contributed by atoms with Crippen molar-refractivity contribution in [3.8, 4) is 0 Å². The molecule has 192 valence electrons. The molecular formula is C28H28FN3O4S. The van der Waals surface area contributed by atoms with Crippen molar-refractivity contribution in [1.29, 1.82) is 0 Å². The lowest BCUT2D eigenvalue weighted by Crippen LogP contribution is -2.41. The first kappa shape index (κ1) is 25.0. The average Bonchev–Trinajstić information content (AvgIpc) is 2.93. The third-order valence-corrected chi connectivity index (χ3v) is 8.85. The standard InChI is InChI=1S/C28H28FN3O4S/c29-23-9-7-22(8-10-23)28(34)31-18-15-21(16-19-31)27(33)30-24-11-13-25(14-12-24)37(35,36)32-17-3-5-20-4-1-2-6-26(20)32/h1-2,4,6-14,21H,3,5,15-19H2,(H,30,33). The van der Waals surface area contributed by atoms with Crippen LogP contribution in [0, 0.1) is 11.7 Å². The molecule has 0 radical (unpaired) electrons. The van der Waals surface area contributed by atoms with E-state index in [1.54, 1.807) is 17.0 Å². The summed E-state index contributed by atoms with van der Waals surface area (Å²) < 4.78 is 41.2. The zero-order valence-corrected chi connectivity index (χ0v) is 21.1. The van der Waals surface area contributed by atoms with E-state index in [1.807, 2.05) is 24.3 Å². The maximum atomic E-state index is 13.3. The molecule has 5 rings (SSSR count). The molecule has 0 spiro atoms. The molecule has 0 atom stereocenters. The first-order chi connectivity index (χ1) is 17.8. The highest BCUT2D eigenvalue weighted by Crippen LogP contribution is 2.32. The number of nitrogens with zero attached hydrogens (tertiary/aromatic N) is 2. The quantitative estimate of drug-likeness (QED) is 0.537. The predicted octanol–water partition coefficient (Wildman–Crippen LogP) is 4.46. The summed E-state index contributed by atoms with van der Waals surface area (Å²) in [6, 6.07) is 19.2. The summed E-state index contributed by atoms with van der Waals surface area (Å²) in [6.07, 6.45) is 2.64. The zero-order chi connectivity index (χ0) is 26.0. The van der Waals surface area contributed by atoms with Gasteiger partial charge in [-0.2, -0.15) is 0 Å². The van der Waals surface area contributed by atoms with Crippen LogP contribution in [0.4, 0.5) is 15.8 Å². The monoisotopic (exact) mass is 521 g/mol. The van der Waals surface area contributed by atoms with Crippen molar-refractivity contribution >= 4 is 33.2 Å². The molecule has 0 bridgehead atoms. The normalized spacial score (nSPS) is 16.2. The van der Waals surface area contributed by atoms with Crippen molar-refractivity contribution in [3.05, 3.63) is 89.7 Å². The number of piperidine rings is 1. The zero-order valence-electron chi connectivity index (χ0n) is 20.3. The molecule has 3 aromatic rings. The second-order valence-corrected chi connectivity index (χ2v) is 11.3. The largest absolute Gasteiger partial charge is 0.339 e. The van der Waals surface area contributed by atoms with E-state index in [1.165, 1.54) is 40.7 Å². The predicted molar refractivity (Wildman–Crippen MR) is 139 cm³/mol. The van der Waals surface area contributed by atoms with Gasteiger partial charge >= 0.3 is 0 Å². The van der Waals surface area contributed by atoms with Gasteiger partial charge in [0, 0.05) is 36.8 Å². The van der Waals surface area contributed by atoms with Crippen LogP contribution in [0.2, 0.25) is 0 Å². The van der Waals surface area contributed by atoms with E-state index < -0.39 is 15.8 Å². The van der Waals surface area contributed by atoms with E-state index in [4.69, 9.17) is 0 Å². The summed E-state index contributed by atoms with van der Waals surface area (Å²) in [6.45, 7) is 1.30. The fourth-order valence-corrected chi connectivity index (χ4v) is 6.49. The Labute approximate surface area is 216 Å². The van der Waals surface area contributed by atoms with Gasteiger partial charge in [-0.25, -0.2) is 12.8 Å². The molecule has 1 fully saturated rings. The second kappa shape index (κ2) is 10.3. The molecule has 9 heteroatoms. The molecule has 2 amide bonds. The number of fused-ring (bicyclic) bond motifs is 1. The SMILES string of the molecule is O=C(Nc1ccc(S(=O)(=O)N2CCCc3ccccc32)cc1)C1CCN(C(=O)c2ccc(F)cc2)CC1. The molecule has 37 heavy (non-hydrogen) atoms. The molecule has 0 saturated carbocycles. The molecule has 0 aromatic heterocycles. The minimum absolute atomic E-state index is 0.158. The van der Waals surface area contributed by atoms with Crippen LogP contribution in [0.25, 0.3) is 0 Å². The number of amides is 2. The Balaban J connectivity index is 1.19. The summed E-state index contributed by atoms with van der Waals surface area (Å²) >= 11 is 0. The van der Waals surface area contributed by atoms with Gasteiger partial charge in [0.1, 0.15) is 5.82 Å². The van der Waals surface area contributed by atoms with Gasteiger partial charge < -0.3 is 10.2 Å². The van der Waals surface area contributed by atoms with Crippen molar-refractivity contribution in [2.24, 2.45) is 5.92 Å². The lowest BCUT2D eigenvalue weighted by molar-refractivity contribution is -0.121. The molecule has 0 unspecified atom stereocenters. The number of halogens is 1. The van der Waals surface area contributed by atoms with Gasteiger partial charge in [0.2, 0.25) is 5.91 Å². The second-order valence-electron chi connectivity index (χ2n) is 9.40. The lowest BCUT2D eigenvalue weighted by Gasteiger charge is -2.31. The number of carbonyl (C=O) groups excluding carboxylic acids is 2. The fourth-order valence-electron chi connectivity index (χ4n) is 4.95. The van der Waals surface area contributed by atoms with Crippen LogP contribution in [0.1, 0.15) is 35.2 Å². The number of benzene rings is 3. The average molecular weight is 522 g/mol. The molecule has 1 saturated heterocycles. The smallest absolute Gasteiger partial charge is 0.264 e. The van der Waals surface area contributed by atoms with Crippen molar-refractivity contribution < 1.29 is 22.4 Å². The first-order valence-corrected chi connectivity index (χ1v) is 13.8. The van der Waals surface area contributed by atoms with Crippen LogP contribution in [0.3, 0.4) is 0 Å². The van der Waals surface area contributed by atoms with Gasteiger partial charge in [-0.3, -0.25) is 13.9 Å². The van der Waals surface area contributed by atoms with E-state index in [9.17, 15) is 22.4 Å². The Kier molecular flexibility index (Phi) is 6.97. The van der Waals surface area contributed by atoms with E-state index in [2.05, 4.69) is 5.32 Å². The number of carbonyl (C=O) groups is 2. The molecule has 2 aliphatic rings. The number of likely N-dealkylation sites (tertiary alicyclic amines) is 1. The van der Waals surface area contributed by atoms with Crippen molar-refractivity contribution in [2.45, 2.75) is 30.6 Å². The third-order valence-electron chi connectivity index (χ3n) is 7.02.